The lowest BCUT2D eigenvalue weighted by atomic mass is 10.00. The average molecular weight is 199 g/mol. The fourth-order valence-corrected chi connectivity index (χ4v) is 2.96. The second kappa shape index (κ2) is 2.51. The summed E-state index contributed by atoms with van der Waals surface area (Å²) in [6.45, 7) is 3.57. The Balaban J connectivity index is 2.34. The van der Waals surface area contributed by atoms with Gasteiger partial charge in [0.1, 0.15) is 5.70 Å². The molecule has 2 heterocycles. The van der Waals surface area contributed by atoms with Gasteiger partial charge in [-0.05, 0) is 6.92 Å². The summed E-state index contributed by atoms with van der Waals surface area (Å²) in [6, 6.07) is 0. The standard InChI is InChI=1S/C8H9NO3S/c1-3-6(10)9-5(8(11)12)4(2)13-7(3)9/h3,7H,1-2H3,(H,11,12)/t3?,7-/m1/s1. The van der Waals surface area contributed by atoms with Gasteiger partial charge < -0.3 is 5.11 Å². The van der Waals surface area contributed by atoms with Crippen LogP contribution >= 0.6 is 11.8 Å². The molecule has 5 heteroatoms. The molecule has 2 aliphatic rings. The lowest BCUT2D eigenvalue weighted by Crippen LogP contribution is -2.55. The van der Waals surface area contributed by atoms with Crippen LogP contribution in [0.25, 0.3) is 0 Å². The number of β-lactam (4-membered cyclic amide) rings is 1. The van der Waals surface area contributed by atoms with E-state index in [1.165, 1.54) is 16.7 Å². The molecule has 2 atom stereocenters. The minimum absolute atomic E-state index is 0.0265. The van der Waals surface area contributed by atoms with Crippen molar-refractivity contribution >= 4 is 23.6 Å². The summed E-state index contributed by atoms with van der Waals surface area (Å²) in [5.41, 5.74) is 0.165. The van der Waals surface area contributed by atoms with Gasteiger partial charge in [0.15, 0.2) is 0 Å². The molecule has 70 valence electrons. The molecule has 0 aromatic heterocycles. The zero-order valence-electron chi connectivity index (χ0n) is 7.27. The summed E-state index contributed by atoms with van der Waals surface area (Å²) >= 11 is 1.47. The molecule has 0 bridgehead atoms. The highest BCUT2D eigenvalue weighted by Crippen LogP contribution is 2.48. The number of carboxylic acids is 1. The van der Waals surface area contributed by atoms with Crippen LogP contribution < -0.4 is 0 Å². The number of carbonyl (C=O) groups is 2. The summed E-state index contributed by atoms with van der Waals surface area (Å²) in [4.78, 5) is 24.2. The molecule has 4 nitrogen and oxygen atoms in total. The number of carboxylic acid groups (broad SMARTS) is 1. The van der Waals surface area contributed by atoms with E-state index in [0.717, 1.165) is 4.91 Å². The maximum absolute atomic E-state index is 11.3. The third-order valence-corrected chi connectivity index (χ3v) is 3.79. The molecule has 0 aromatic rings. The van der Waals surface area contributed by atoms with E-state index >= 15 is 0 Å². The van der Waals surface area contributed by atoms with E-state index in [1.807, 2.05) is 6.92 Å². The SMILES string of the molecule is CC1=C(C(=O)O)N2C(=O)C(C)[C@H]2S1. The van der Waals surface area contributed by atoms with Crippen molar-refractivity contribution in [1.82, 2.24) is 4.90 Å². The highest BCUT2D eigenvalue weighted by atomic mass is 32.2. The van der Waals surface area contributed by atoms with Crippen molar-refractivity contribution in [2.45, 2.75) is 19.2 Å². The van der Waals surface area contributed by atoms with Crippen LogP contribution in [-0.2, 0) is 9.59 Å². The first-order chi connectivity index (χ1) is 6.04. The minimum atomic E-state index is -1.01. The largest absolute Gasteiger partial charge is 0.477 e. The molecule has 1 unspecified atom stereocenters. The lowest BCUT2D eigenvalue weighted by Gasteiger charge is -2.40. The second-order valence-electron chi connectivity index (χ2n) is 3.22. The summed E-state index contributed by atoms with van der Waals surface area (Å²) in [7, 11) is 0. The summed E-state index contributed by atoms with van der Waals surface area (Å²) in [5.74, 6) is -1.13. The van der Waals surface area contributed by atoms with Gasteiger partial charge in [0, 0.05) is 4.91 Å². The quantitative estimate of drug-likeness (QED) is 0.636. The van der Waals surface area contributed by atoms with Gasteiger partial charge in [-0.3, -0.25) is 9.69 Å². The maximum atomic E-state index is 11.3. The molecule has 1 amide bonds. The van der Waals surface area contributed by atoms with Gasteiger partial charge in [-0.25, -0.2) is 4.79 Å². The molecule has 2 aliphatic heterocycles. The first-order valence-corrected chi connectivity index (χ1v) is 4.86. The fourth-order valence-electron chi connectivity index (χ4n) is 1.66. The molecule has 13 heavy (non-hydrogen) atoms. The van der Waals surface area contributed by atoms with Gasteiger partial charge in [0.05, 0.1) is 11.3 Å². The van der Waals surface area contributed by atoms with Crippen molar-refractivity contribution in [3.63, 3.8) is 0 Å². The summed E-state index contributed by atoms with van der Waals surface area (Å²) in [5, 5.41) is 8.87. The second-order valence-corrected chi connectivity index (χ2v) is 4.55. The van der Waals surface area contributed by atoms with Crippen LogP contribution in [0.2, 0.25) is 0 Å². The molecule has 2 rings (SSSR count). The number of fused-ring (bicyclic) bond motifs is 1. The number of nitrogens with zero attached hydrogens (tertiary/aromatic N) is 1. The molecule has 1 saturated heterocycles. The van der Waals surface area contributed by atoms with Gasteiger partial charge >= 0.3 is 5.97 Å². The minimum Gasteiger partial charge on any atom is -0.477 e. The molecule has 1 fully saturated rings. The van der Waals surface area contributed by atoms with Crippen molar-refractivity contribution in [2.24, 2.45) is 5.92 Å². The molecule has 1 N–H and O–H groups in total. The predicted octanol–water partition coefficient (Wildman–Crippen LogP) is 0.854. The molecule has 0 aromatic carbocycles. The molecule has 0 saturated carbocycles. The number of allylic oxidation sites excluding steroid dienone is 1. The van der Waals surface area contributed by atoms with Crippen molar-refractivity contribution in [2.75, 3.05) is 0 Å². The zero-order chi connectivity index (χ0) is 9.75. The van der Waals surface area contributed by atoms with Crippen LogP contribution in [0.1, 0.15) is 13.8 Å². The molecular weight excluding hydrogens is 190 g/mol. The van der Waals surface area contributed by atoms with E-state index in [0.29, 0.717) is 0 Å². The van der Waals surface area contributed by atoms with Gasteiger partial charge in [-0.2, -0.15) is 0 Å². The van der Waals surface area contributed by atoms with E-state index in [4.69, 9.17) is 5.11 Å². The molecule has 0 radical (unpaired) electrons. The number of carbonyl (C=O) groups excluding carboxylic acids is 1. The first kappa shape index (κ1) is 8.62. The number of amides is 1. The van der Waals surface area contributed by atoms with Crippen molar-refractivity contribution in [3.8, 4) is 0 Å². The molecule has 0 spiro atoms. The number of hydrogen-bond acceptors (Lipinski definition) is 3. The van der Waals surface area contributed by atoms with Crippen LogP contribution in [0, 0.1) is 5.92 Å². The highest BCUT2D eigenvalue weighted by Gasteiger charge is 2.52. The Hall–Kier alpha value is -0.970. The number of hydrogen-bond donors (Lipinski definition) is 1. The third-order valence-electron chi connectivity index (χ3n) is 2.38. The van der Waals surface area contributed by atoms with E-state index in [9.17, 15) is 9.59 Å². The topological polar surface area (TPSA) is 57.6 Å². The maximum Gasteiger partial charge on any atom is 0.353 e. The first-order valence-electron chi connectivity index (χ1n) is 3.98. The summed E-state index contributed by atoms with van der Waals surface area (Å²) in [6.07, 6.45) is 0. The smallest absolute Gasteiger partial charge is 0.353 e. The predicted molar refractivity (Wildman–Crippen MR) is 47.7 cm³/mol. The molecular formula is C8H9NO3S. The Labute approximate surface area is 79.6 Å². The molecule has 0 aliphatic carbocycles. The Morgan fingerprint density at radius 3 is 2.77 bits per heavy atom. The lowest BCUT2D eigenvalue weighted by molar-refractivity contribution is -0.150. The monoisotopic (exact) mass is 199 g/mol. The Morgan fingerprint density at radius 2 is 2.23 bits per heavy atom. The Bertz CT molecular complexity index is 336. The number of aliphatic carboxylic acids is 1. The van der Waals surface area contributed by atoms with Gasteiger partial charge in [0.25, 0.3) is 0 Å². The number of rotatable bonds is 1. The third kappa shape index (κ3) is 0.934. The van der Waals surface area contributed by atoms with Crippen LogP contribution in [0.4, 0.5) is 0 Å². The van der Waals surface area contributed by atoms with Crippen molar-refractivity contribution in [1.29, 1.82) is 0 Å². The zero-order valence-corrected chi connectivity index (χ0v) is 8.09. The van der Waals surface area contributed by atoms with Crippen LogP contribution in [-0.4, -0.2) is 27.3 Å². The van der Waals surface area contributed by atoms with Crippen LogP contribution in [0.3, 0.4) is 0 Å². The van der Waals surface area contributed by atoms with Gasteiger partial charge in [-0.15, -0.1) is 11.8 Å². The van der Waals surface area contributed by atoms with E-state index in [2.05, 4.69) is 0 Å². The fraction of sp³-hybridized carbons (Fsp3) is 0.500. The van der Waals surface area contributed by atoms with E-state index in [-0.39, 0.29) is 22.9 Å². The number of thioether (sulfide) groups is 1. The Kier molecular flexibility index (Phi) is 1.66. The van der Waals surface area contributed by atoms with Gasteiger partial charge in [0.2, 0.25) is 5.91 Å². The van der Waals surface area contributed by atoms with Crippen molar-refractivity contribution in [3.05, 3.63) is 10.6 Å². The Morgan fingerprint density at radius 1 is 1.62 bits per heavy atom. The van der Waals surface area contributed by atoms with Gasteiger partial charge in [-0.1, -0.05) is 6.92 Å². The normalized spacial score (nSPS) is 31.8. The average Bonchev–Trinajstić information content (AvgIpc) is 2.39. The van der Waals surface area contributed by atoms with E-state index < -0.39 is 5.97 Å². The van der Waals surface area contributed by atoms with Crippen LogP contribution in [0.5, 0.6) is 0 Å². The summed E-state index contributed by atoms with van der Waals surface area (Å²) < 4.78 is 0. The van der Waals surface area contributed by atoms with Crippen LogP contribution in [0.15, 0.2) is 10.6 Å². The highest BCUT2D eigenvalue weighted by molar-refractivity contribution is 8.04. The van der Waals surface area contributed by atoms with Crippen molar-refractivity contribution < 1.29 is 14.7 Å². The van der Waals surface area contributed by atoms with E-state index in [1.54, 1.807) is 6.92 Å².